The van der Waals surface area contributed by atoms with Crippen molar-refractivity contribution in [3.63, 3.8) is 0 Å². The summed E-state index contributed by atoms with van der Waals surface area (Å²) >= 11 is 11.3. The quantitative estimate of drug-likeness (QED) is 0.846. The third-order valence-corrected chi connectivity index (χ3v) is 4.10. The van der Waals surface area contributed by atoms with Gasteiger partial charge in [0.15, 0.2) is 5.11 Å². The molecule has 0 radical (unpaired) electrons. The van der Waals surface area contributed by atoms with Gasteiger partial charge in [0.1, 0.15) is 5.82 Å². The fourth-order valence-corrected chi connectivity index (χ4v) is 2.70. The van der Waals surface area contributed by atoms with E-state index in [4.69, 9.17) is 23.8 Å². The molecule has 1 aliphatic rings. The summed E-state index contributed by atoms with van der Waals surface area (Å²) in [5, 5.41) is 3.82. The maximum Gasteiger partial charge on any atom is 0.174 e. The van der Waals surface area contributed by atoms with E-state index < -0.39 is 5.82 Å². The molecule has 1 fully saturated rings. The first-order valence-electron chi connectivity index (χ1n) is 7.06. The van der Waals surface area contributed by atoms with Crippen molar-refractivity contribution in [2.24, 2.45) is 0 Å². The second-order valence-electron chi connectivity index (χ2n) is 5.24. The van der Waals surface area contributed by atoms with Crippen LogP contribution >= 0.6 is 23.8 Å². The number of thiocarbonyl (C=S) groups is 1. The molecule has 0 amide bonds. The molecule has 0 saturated heterocycles. The first-order valence-corrected chi connectivity index (χ1v) is 7.84. The van der Waals surface area contributed by atoms with Gasteiger partial charge in [0.25, 0.3) is 0 Å². The zero-order valence-electron chi connectivity index (χ0n) is 11.8. The Morgan fingerprint density at radius 3 is 2.82 bits per heavy atom. The Morgan fingerprint density at radius 1 is 1.36 bits per heavy atom. The minimum absolute atomic E-state index is 0.0792. The summed E-state index contributed by atoms with van der Waals surface area (Å²) in [6, 6.07) is 10.8. The van der Waals surface area contributed by atoms with E-state index >= 15 is 0 Å². The van der Waals surface area contributed by atoms with Gasteiger partial charge in [-0.3, -0.25) is 4.98 Å². The normalized spacial score (nSPS) is 13.7. The predicted octanol–water partition coefficient (Wildman–Crippen LogP) is 4.24. The second-order valence-corrected chi connectivity index (χ2v) is 6.03. The summed E-state index contributed by atoms with van der Waals surface area (Å²) in [4.78, 5) is 6.46. The topological polar surface area (TPSA) is 28.2 Å². The summed E-state index contributed by atoms with van der Waals surface area (Å²) in [6.45, 7) is 0.659. The number of benzene rings is 1. The zero-order chi connectivity index (χ0) is 15.5. The highest BCUT2D eigenvalue weighted by molar-refractivity contribution is 7.80. The Balaban J connectivity index is 1.71. The van der Waals surface area contributed by atoms with Gasteiger partial charge in [-0.2, -0.15) is 0 Å². The van der Waals surface area contributed by atoms with Gasteiger partial charge in [-0.25, -0.2) is 4.39 Å². The van der Waals surface area contributed by atoms with Crippen molar-refractivity contribution in [1.82, 2.24) is 9.88 Å². The number of nitrogens with one attached hydrogen (secondary N) is 1. The zero-order valence-corrected chi connectivity index (χ0v) is 13.4. The van der Waals surface area contributed by atoms with Crippen LogP contribution in [0.3, 0.4) is 0 Å². The Kier molecular flexibility index (Phi) is 4.55. The highest BCUT2D eigenvalue weighted by Crippen LogP contribution is 2.29. The van der Waals surface area contributed by atoms with E-state index in [9.17, 15) is 4.39 Å². The molecule has 0 unspecified atom stereocenters. The molecule has 0 spiro atoms. The van der Waals surface area contributed by atoms with Gasteiger partial charge in [0, 0.05) is 17.9 Å². The highest BCUT2D eigenvalue weighted by Gasteiger charge is 2.31. The van der Waals surface area contributed by atoms with Gasteiger partial charge < -0.3 is 10.2 Å². The minimum Gasteiger partial charge on any atom is -0.340 e. The van der Waals surface area contributed by atoms with Gasteiger partial charge in [-0.05, 0) is 55.4 Å². The third-order valence-electron chi connectivity index (χ3n) is 3.48. The van der Waals surface area contributed by atoms with Crippen molar-refractivity contribution in [3.05, 3.63) is 59.1 Å². The first kappa shape index (κ1) is 15.2. The lowest BCUT2D eigenvalue weighted by Gasteiger charge is -2.25. The number of aromatic nitrogens is 1. The van der Waals surface area contributed by atoms with Crippen LogP contribution in [0.2, 0.25) is 5.02 Å². The van der Waals surface area contributed by atoms with Crippen LogP contribution in [-0.4, -0.2) is 21.0 Å². The molecule has 1 heterocycles. The molecular formula is C16H15ClFN3S. The van der Waals surface area contributed by atoms with Gasteiger partial charge in [0.2, 0.25) is 0 Å². The second kappa shape index (κ2) is 6.58. The van der Waals surface area contributed by atoms with Gasteiger partial charge in [0.05, 0.1) is 17.3 Å². The SMILES string of the molecule is Fc1ccc(NC(=S)N(Cc2ccccn2)C2CC2)cc1Cl. The smallest absolute Gasteiger partial charge is 0.174 e. The number of pyridine rings is 1. The van der Waals surface area contributed by atoms with Crippen LogP contribution in [-0.2, 0) is 6.54 Å². The summed E-state index contributed by atoms with van der Waals surface area (Å²) in [6.07, 6.45) is 4.02. The predicted molar refractivity (Wildman–Crippen MR) is 90.4 cm³/mol. The van der Waals surface area contributed by atoms with Crippen LogP contribution in [0.4, 0.5) is 10.1 Å². The van der Waals surface area contributed by atoms with Crippen molar-refractivity contribution in [2.45, 2.75) is 25.4 Å². The number of halogens is 2. The third kappa shape index (κ3) is 3.72. The number of nitrogens with zero attached hydrogens (tertiary/aromatic N) is 2. The minimum atomic E-state index is -0.439. The van der Waals surface area contributed by atoms with Gasteiger partial charge >= 0.3 is 0 Å². The van der Waals surface area contributed by atoms with E-state index in [1.807, 2.05) is 18.2 Å². The van der Waals surface area contributed by atoms with E-state index in [1.165, 1.54) is 12.1 Å². The maximum absolute atomic E-state index is 13.2. The fraction of sp³-hybridized carbons (Fsp3) is 0.250. The van der Waals surface area contributed by atoms with Crippen LogP contribution in [0.1, 0.15) is 18.5 Å². The van der Waals surface area contributed by atoms with Gasteiger partial charge in [-0.1, -0.05) is 17.7 Å². The van der Waals surface area contributed by atoms with E-state index in [-0.39, 0.29) is 5.02 Å². The first-order chi connectivity index (χ1) is 10.6. The molecule has 2 aromatic rings. The lowest BCUT2D eigenvalue weighted by Crippen LogP contribution is -2.36. The lowest BCUT2D eigenvalue weighted by atomic mass is 10.3. The van der Waals surface area contributed by atoms with Crippen LogP contribution in [0.25, 0.3) is 0 Å². The van der Waals surface area contributed by atoms with E-state index in [2.05, 4.69) is 15.2 Å². The monoisotopic (exact) mass is 335 g/mol. The molecular weight excluding hydrogens is 321 g/mol. The number of hydrogen-bond donors (Lipinski definition) is 1. The molecule has 0 bridgehead atoms. The largest absolute Gasteiger partial charge is 0.340 e. The highest BCUT2D eigenvalue weighted by atomic mass is 35.5. The Hall–Kier alpha value is -1.72. The molecule has 0 atom stereocenters. The number of rotatable bonds is 4. The van der Waals surface area contributed by atoms with E-state index in [0.717, 1.165) is 18.5 Å². The summed E-state index contributed by atoms with van der Waals surface area (Å²) < 4.78 is 13.2. The molecule has 22 heavy (non-hydrogen) atoms. The Morgan fingerprint density at radius 2 is 2.18 bits per heavy atom. The Bertz CT molecular complexity index is 676. The fourth-order valence-electron chi connectivity index (χ4n) is 2.19. The van der Waals surface area contributed by atoms with Crippen LogP contribution < -0.4 is 5.32 Å². The maximum atomic E-state index is 13.2. The van der Waals surface area contributed by atoms with E-state index in [1.54, 1.807) is 12.3 Å². The molecule has 1 saturated carbocycles. The summed E-state index contributed by atoms with van der Waals surface area (Å²) in [7, 11) is 0. The van der Waals surface area contributed by atoms with Gasteiger partial charge in [-0.15, -0.1) is 0 Å². The molecule has 114 valence electrons. The van der Waals surface area contributed by atoms with E-state index in [0.29, 0.717) is 23.4 Å². The lowest BCUT2D eigenvalue weighted by molar-refractivity contribution is 0.404. The molecule has 6 heteroatoms. The van der Waals surface area contributed by atoms with Crippen molar-refractivity contribution in [1.29, 1.82) is 0 Å². The molecule has 3 nitrogen and oxygen atoms in total. The number of anilines is 1. The molecule has 1 aromatic heterocycles. The van der Waals surface area contributed by atoms with Crippen LogP contribution in [0.15, 0.2) is 42.6 Å². The molecule has 1 aliphatic carbocycles. The van der Waals surface area contributed by atoms with Crippen LogP contribution in [0, 0.1) is 5.82 Å². The van der Waals surface area contributed by atoms with Crippen molar-refractivity contribution < 1.29 is 4.39 Å². The number of hydrogen-bond acceptors (Lipinski definition) is 2. The molecule has 1 N–H and O–H groups in total. The summed E-state index contributed by atoms with van der Waals surface area (Å²) in [5.74, 6) is -0.439. The molecule has 3 rings (SSSR count). The average Bonchev–Trinajstić information content (AvgIpc) is 3.34. The average molecular weight is 336 g/mol. The molecule has 1 aromatic carbocycles. The Labute approximate surface area is 139 Å². The van der Waals surface area contributed by atoms with Crippen molar-refractivity contribution >= 4 is 34.6 Å². The molecule has 0 aliphatic heterocycles. The summed E-state index contributed by atoms with van der Waals surface area (Å²) in [5.41, 5.74) is 1.65. The van der Waals surface area contributed by atoms with Crippen molar-refractivity contribution in [3.8, 4) is 0 Å². The standard InChI is InChI=1S/C16H15ClFN3S/c17-14-9-11(4-7-15(14)18)20-16(22)21(13-5-6-13)10-12-3-1-2-8-19-12/h1-4,7-9,13H,5-6,10H2,(H,20,22). The van der Waals surface area contributed by atoms with Crippen molar-refractivity contribution in [2.75, 3.05) is 5.32 Å². The van der Waals surface area contributed by atoms with Crippen LogP contribution in [0.5, 0.6) is 0 Å².